The topological polar surface area (TPSA) is 6.48 Å². The number of rotatable bonds is 8. The maximum absolute atomic E-state index is 2.43. The van der Waals surface area contributed by atoms with E-state index in [1.165, 1.54) is 77.8 Å². The molecule has 10 aromatic carbocycles. The van der Waals surface area contributed by atoms with Gasteiger partial charge in [-0.15, -0.1) is 0 Å². The lowest BCUT2D eigenvalue weighted by Gasteiger charge is -2.34. The van der Waals surface area contributed by atoms with Gasteiger partial charge in [-0.1, -0.05) is 170 Å². The lowest BCUT2D eigenvalue weighted by molar-refractivity contribution is 1.09. The molecule has 288 valence electrons. The van der Waals surface area contributed by atoms with Crippen molar-refractivity contribution in [3.05, 3.63) is 254 Å². The van der Waals surface area contributed by atoms with Crippen molar-refractivity contribution in [3.63, 3.8) is 0 Å². The Kier molecular flexibility index (Phi) is 9.29. The summed E-state index contributed by atoms with van der Waals surface area (Å²) in [5, 5.41) is 2.54. The zero-order chi connectivity index (χ0) is 40.5. The van der Waals surface area contributed by atoms with E-state index in [1.807, 2.05) is 0 Å². The summed E-state index contributed by atoms with van der Waals surface area (Å²) in [4.78, 5) is 4.78. The van der Waals surface area contributed by atoms with E-state index in [9.17, 15) is 0 Å². The van der Waals surface area contributed by atoms with Gasteiger partial charge in [-0.2, -0.15) is 0 Å². The van der Waals surface area contributed by atoms with Crippen molar-refractivity contribution >= 4 is 44.9 Å². The second-order valence-electron chi connectivity index (χ2n) is 15.8. The van der Waals surface area contributed by atoms with Crippen molar-refractivity contribution in [3.8, 4) is 44.5 Å². The van der Waals surface area contributed by atoms with Crippen LogP contribution in [0.25, 0.3) is 55.3 Å². The molecule has 0 fully saturated rings. The Balaban J connectivity index is 0.953. The molecule has 0 radical (unpaired) electrons. The van der Waals surface area contributed by atoms with Crippen LogP contribution in [0.1, 0.15) is 11.1 Å². The van der Waals surface area contributed by atoms with Gasteiger partial charge in [0.25, 0.3) is 0 Å². The Labute approximate surface area is 357 Å². The molecule has 10 aromatic rings. The minimum absolute atomic E-state index is 0.851. The number of hydrogen-bond acceptors (Lipinski definition) is 2. The molecule has 11 rings (SSSR count). The standard InChI is InChI=1S/C59H42N2/c1-4-13-42(14-5-1)44-23-31-53(32-24-44)60(54-33-25-45(26-34-54)43-15-6-2-7-16-43)55-35-27-46(28-36-55)48-29-37-58-50(39-48)41-51-40-49(57-22-12-18-47-17-10-11-21-56(47)57)30-38-59(51)61(58)52-19-8-3-9-20-52/h1-40H,41H2. The lowest BCUT2D eigenvalue weighted by Crippen LogP contribution is -2.18. The second-order valence-corrected chi connectivity index (χ2v) is 15.8. The normalized spacial score (nSPS) is 11.8. The zero-order valence-electron chi connectivity index (χ0n) is 33.7. The molecule has 0 aliphatic carbocycles. The van der Waals surface area contributed by atoms with Crippen LogP contribution >= 0.6 is 0 Å². The van der Waals surface area contributed by atoms with Crippen LogP contribution in [0, 0.1) is 0 Å². The van der Waals surface area contributed by atoms with Gasteiger partial charge in [0, 0.05) is 40.5 Å². The summed E-state index contributed by atoms with van der Waals surface area (Å²) >= 11 is 0. The summed E-state index contributed by atoms with van der Waals surface area (Å²) in [5.41, 5.74) is 19.3. The Morgan fingerprint density at radius 3 is 1.28 bits per heavy atom. The van der Waals surface area contributed by atoms with Gasteiger partial charge >= 0.3 is 0 Å². The number of para-hydroxylation sites is 1. The first-order valence-corrected chi connectivity index (χ1v) is 21.0. The molecule has 0 bridgehead atoms. The Bertz CT molecular complexity index is 3030. The molecule has 0 amide bonds. The van der Waals surface area contributed by atoms with E-state index in [2.05, 4.69) is 252 Å². The van der Waals surface area contributed by atoms with Gasteiger partial charge in [-0.25, -0.2) is 0 Å². The van der Waals surface area contributed by atoms with Gasteiger partial charge < -0.3 is 9.80 Å². The van der Waals surface area contributed by atoms with Crippen LogP contribution in [0.3, 0.4) is 0 Å². The number of benzene rings is 10. The average Bonchev–Trinajstić information content (AvgIpc) is 3.34. The molecule has 1 aliphatic heterocycles. The van der Waals surface area contributed by atoms with Crippen LogP contribution in [-0.2, 0) is 6.42 Å². The first kappa shape index (κ1) is 36.2. The number of hydrogen-bond donors (Lipinski definition) is 0. The minimum Gasteiger partial charge on any atom is -0.311 e. The maximum Gasteiger partial charge on any atom is 0.0497 e. The molecule has 0 saturated carbocycles. The molecule has 1 aliphatic rings. The van der Waals surface area contributed by atoms with Gasteiger partial charge in [0.1, 0.15) is 0 Å². The summed E-state index contributed by atoms with van der Waals surface area (Å²) in [7, 11) is 0. The fourth-order valence-electron chi connectivity index (χ4n) is 9.02. The van der Waals surface area contributed by atoms with Gasteiger partial charge in [0.15, 0.2) is 0 Å². The van der Waals surface area contributed by atoms with E-state index in [0.717, 1.165) is 29.2 Å². The van der Waals surface area contributed by atoms with Crippen molar-refractivity contribution < 1.29 is 0 Å². The molecule has 61 heavy (non-hydrogen) atoms. The van der Waals surface area contributed by atoms with Crippen molar-refractivity contribution in [1.82, 2.24) is 0 Å². The fraction of sp³-hybridized carbons (Fsp3) is 0.0169. The quantitative estimate of drug-likeness (QED) is 0.152. The highest BCUT2D eigenvalue weighted by molar-refractivity contribution is 5.97. The van der Waals surface area contributed by atoms with Gasteiger partial charge in [-0.3, -0.25) is 0 Å². The Morgan fingerprint density at radius 2 is 0.721 bits per heavy atom. The second kappa shape index (κ2) is 15.7. The van der Waals surface area contributed by atoms with Gasteiger partial charge in [0.2, 0.25) is 0 Å². The van der Waals surface area contributed by atoms with Crippen LogP contribution in [0.5, 0.6) is 0 Å². The third-order valence-electron chi connectivity index (χ3n) is 12.1. The summed E-state index contributed by atoms with van der Waals surface area (Å²) < 4.78 is 0. The predicted molar refractivity (Wildman–Crippen MR) is 258 cm³/mol. The average molecular weight is 779 g/mol. The van der Waals surface area contributed by atoms with Crippen molar-refractivity contribution in [1.29, 1.82) is 0 Å². The predicted octanol–water partition coefficient (Wildman–Crippen LogP) is 16.4. The lowest BCUT2D eigenvalue weighted by atomic mass is 9.89. The van der Waals surface area contributed by atoms with E-state index in [4.69, 9.17) is 0 Å². The Morgan fingerprint density at radius 1 is 0.311 bits per heavy atom. The molecular formula is C59H42N2. The van der Waals surface area contributed by atoms with Crippen LogP contribution in [0.4, 0.5) is 34.1 Å². The molecule has 0 N–H and O–H groups in total. The molecule has 0 spiro atoms. The first-order valence-electron chi connectivity index (χ1n) is 21.0. The third kappa shape index (κ3) is 6.94. The van der Waals surface area contributed by atoms with E-state index < -0.39 is 0 Å². The number of anilines is 6. The summed E-state index contributed by atoms with van der Waals surface area (Å²) in [6.07, 6.45) is 0.851. The van der Waals surface area contributed by atoms with Crippen molar-refractivity contribution in [2.45, 2.75) is 6.42 Å². The molecule has 0 saturated heterocycles. The first-order chi connectivity index (χ1) is 30.2. The SMILES string of the molecule is c1ccc(-c2ccc(N(c3ccc(-c4ccccc4)cc3)c3ccc(-c4ccc5c(c4)Cc4cc(-c6cccc7ccccc67)ccc4N5c4ccccc4)cc3)cc2)cc1. The molecule has 0 atom stereocenters. The fourth-order valence-corrected chi connectivity index (χ4v) is 9.02. The highest BCUT2D eigenvalue weighted by Crippen LogP contribution is 2.47. The van der Waals surface area contributed by atoms with Crippen LogP contribution < -0.4 is 9.80 Å². The molecule has 1 heterocycles. The summed E-state index contributed by atoms with van der Waals surface area (Å²) in [6, 6.07) is 88.0. The van der Waals surface area contributed by atoms with Crippen LogP contribution in [0.15, 0.2) is 243 Å². The van der Waals surface area contributed by atoms with E-state index in [-0.39, 0.29) is 0 Å². The van der Waals surface area contributed by atoms with Gasteiger partial charge in [-0.05, 0) is 139 Å². The van der Waals surface area contributed by atoms with E-state index in [1.54, 1.807) is 0 Å². The van der Waals surface area contributed by atoms with Crippen LogP contribution in [0.2, 0.25) is 0 Å². The summed E-state index contributed by atoms with van der Waals surface area (Å²) in [5.74, 6) is 0. The van der Waals surface area contributed by atoms with Crippen molar-refractivity contribution in [2.75, 3.05) is 9.80 Å². The van der Waals surface area contributed by atoms with E-state index >= 15 is 0 Å². The third-order valence-corrected chi connectivity index (χ3v) is 12.1. The molecule has 2 heteroatoms. The Hall–Kier alpha value is -7.94. The number of nitrogens with zero attached hydrogens (tertiary/aromatic N) is 2. The maximum atomic E-state index is 2.43. The number of fused-ring (bicyclic) bond motifs is 3. The summed E-state index contributed by atoms with van der Waals surface area (Å²) in [6.45, 7) is 0. The molecule has 0 aromatic heterocycles. The zero-order valence-corrected chi connectivity index (χ0v) is 33.7. The molecule has 2 nitrogen and oxygen atoms in total. The van der Waals surface area contributed by atoms with Gasteiger partial charge in [0.05, 0.1) is 0 Å². The largest absolute Gasteiger partial charge is 0.311 e. The molecule has 0 unspecified atom stereocenters. The highest BCUT2D eigenvalue weighted by Gasteiger charge is 2.25. The van der Waals surface area contributed by atoms with E-state index in [0.29, 0.717) is 0 Å². The monoisotopic (exact) mass is 778 g/mol. The van der Waals surface area contributed by atoms with Crippen LogP contribution in [-0.4, -0.2) is 0 Å². The smallest absolute Gasteiger partial charge is 0.0497 e. The van der Waals surface area contributed by atoms with Crippen molar-refractivity contribution in [2.24, 2.45) is 0 Å². The molecular weight excluding hydrogens is 737 g/mol. The minimum atomic E-state index is 0.851. The highest BCUT2D eigenvalue weighted by atomic mass is 15.2.